The molecule has 1 heterocycles. The summed E-state index contributed by atoms with van der Waals surface area (Å²) in [4.78, 5) is 2.48. The van der Waals surface area contributed by atoms with Crippen molar-refractivity contribution >= 4 is 0 Å². The summed E-state index contributed by atoms with van der Waals surface area (Å²) in [5.74, 6) is 0.473. The molecule has 4 rings (SSSR count). The van der Waals surface area contributed by atoms with E-state index in [2.05, 4.69) is 37.0 Å². The van der Waals surface area contributed by atoms with E-state index in [-0.39, 0.29) is 17.9 Å². The SMILES string of the molecule is CC1(C)C=C(C(O)CCCN2CCC(C(O)(c3ccccc3)c3ccccc3)CC2)C=CC1CCO. The highest BCUT2D eigenvalue weighted by atomic mass is 16.3. The monoisotopic (exact) mass is 489 g/mol. The summed E-state index contributed by atoms with van der Waals surface area (Å²) in [7, 11) is 0. The van der Waals surface area contributed by atoms with E-state index in [1.165, 1.54) is 0 Å². The second-order valence-electron chi connectivity index (χ2n) is 11.2. The topological polar surface area (TPSA) is 63.9 Å². The largest absolute Gasteiger partial charge is 0.396 e. The van der Waals surface area contributed by atoms with Crippen LogP contribution in [0.15, 0.2) is 84.5 Å². The lowest BCUT2D eigenvalue weighted by Crippen LogP contribution is -2.44. The van der Waals surface area contributed by atoms with Gasteiger partial charge >= 0.3 is 0 Å². The zero-order valence-electron chi connectivity index (χ0n) is 21.9. The molecule has 1 fully saturated rings. The molecule has 3 N–H and O–H groups in total. The molecule has 0 bridgehead atoms. The van der Waals surface area contributed by atoms with Gasteiger partial charge in [0.25, 0.3) is 0 Å². The van der Waals surface area contributed by atoms with E-state index in [0.717, 1.165) is 68.4 Å². The third kappa shape index (κ3) is 6.00. The predicted molar refractivity (Wildman–Crippen MR) is 146 cm³/mol. The Morgan fingerprint density at radius 2 is 1.56 bits per heavy atom. The van der Waals surface area contributed by atoms with Crippen LogP contribution in [0.25, 0.3) is 0 Å². The fourth-order valence-electron chi connectivity index (χ4n) is 6.15. The molecule has 4 nitrogen and oxygen atoms in total. The normalized spacial score (nSPS) is 21.8. The van der Waals surface area contributed by atoms with E-state index < -0.39 is 11.7 Å². The van der Waals surface area contributed by atoms with E-state index in [4.69, 9.17) is 0 Å². The Balaban J connectivity index is 1.31. The lowest BCUT2D eigenvalue weighted by molar-refractivity contribution is -0.0145. The molecule has 0 saturated carbocycles. The third-order valence-corrected chi connectivity index (χ3v) is 8.40. The Hall–Kier alpha value is -2.24. The van der Waals surface area contributed by atoms with Crippen molar-refractivity contribution in [3.05, 3.63) is 95.6 Å². The summed E-state index contributed by atoms with van der Waals surface area (Å²) in [6, 6.07) is 20.2. The molecule has 0 radical (unpaired) electrons. The molecule has 0 spiro atoms. The maximum atomic E-state index is 12.1. The number of aliphatic hydroxyl groups excluding tert-OH is 2. The van der Waals surface area contributed by atoms with Crippen LogP contribution in [0.4, 0.5) is 0 Å². The molecular formula is C32H43NO3. The third-order valence-electron chi connectivity index (χ3n) is 8.40. The number of rotatable bonds is 10. The molecule has 2 aliphatic rings. The number of nitrogens with zero attached hydrogens (tertiary/aromatic N) is 1. The van der Waals surface area contributed by atoms with Crippen molar-refractivity contribution in [2.75, 3.05) is 26.2 Å². The second kappa shape index (κ2) is 11.9. The van der Waals surface area contributed by atoms with Crippen molar-refractivity contribution in [1.29, 1.82) is 0 Å². The summed E-state index contributed by atoms with van der Waals surface area (Å²) >= 11 is 0. The van der Waals surface area contributed by atoms with Crippen LogP contribution in [-0.2, 0) is 5.60 Å². The Bertz CT molecular complexity index is 967. The van der Waals surface area contributed by atoms with Crippen LogP contribution in [-0.4, -0.2) is 52.6 Å². The van der Waals surface area contributed by atoms with Crippen LogP contribution in [0.3, 0.4) is 0 Å². The van der Waals surface area contributed by atoms with E-state index in [1.807, 2.05) is 60.7 Å². The van der Waals surface area contributed by atoms with Gasteiger partial charge < -0.3 is 20.2 Å². The quantitative estimate of drug-likeness (QED) is 0.424. The number of hydrogen-bond acceptors (Lipinski definition) is 4. The van der Waals surface area contributed by atoms with Gasteiger partial charge in [-0.1, -0.05) is 92.7 Å². The molecule has 1 saturated heterocycles. The molecular weight excluding hydrogens is 446 g/mol. The molecule has 2 aromatic carbocycles. The number of hydrogen-bond donors (Lipinski definition) is 3. The van der Waals surface area contributed by atoms with Gasteiger partial charge in [0.1, 0.15) is 5.60 Å². The minimum atomic E-state index is -0.981. The number of piperidine rings is 1. The fraction of sp³-hybridized carbons (Fsp3) is 0.500. The molecule has 2 aromatic rings. The van der Waals surface area contributed by atoms with Crippen LogP contribution in [0, 0.1) is 17.3 Å². The maximum Gasteiger partial charge on any atom is 0.117 e. The first-order valence-electron chi connectivity index (χ1n) is 13.6. The molecule has 36 heavy (non-hydrogen) atoms. The molecule has 194 valence electrons. The Morgan fingerprint density at radius 3 is 2.08 bits per heavy atom. The molecule has 0 aromatic heterocycles. The van der Waals surface area contributed by atoms with Gasteiger partial charge in [-0.15, -0.1) is 0 Å². The predicted octanol–water partition coefficient (Wildman–Crippen LogP) is 5.30. The standard InChI is InChI=1S/C32H43NO3/c1-31(2)24-25(15-16-26(31)19-23-34)30(35)14-9-20-33-21-17-29(18-22-33)32(36,27-10-5-3-6-11-27)28-12-7-4-8-13-28/h3-8,10-13,15-16,24,26,29-30,34-36H,9,14,17-23H2,1-2H3. The van der Waals surface area contributed by atoms with Crippen molar-refractivity contribution in [3.63, 3.8) is 0 Å². The van der Waals surface area contributed by atoms with Gasteiger partial charge in [0, 0.05) is 6.61 Å². The zero-order valence-corrected chi connectivity index (χ0v) is 21.9. The van der Waals surface area contributed by atoms with Crippen molar-refractivity contribution in [2.45, 2.75) is 57.7 Å². The number of allylic oxidation sites excluding steroid dienone is 2. The maximum absolute atomic E-state index is 12.1. The van der Waals surface area contributed by atoms with Gasteiger partial charge in [-0.05, 0) is 85.7 Å². The molecule has 1 aliphatic heterocycles. The minimum absolute atomic E-state index is 0.0516. The first-order valence-corrected chi connectivity index (χ1v) is 13.6. The summed E-state index contributed by atoms with van der Waals surface area (Å²) in [5.41, 5.74) is 1.91. The average Bonchev–Trinajstić information content (AvgIpc) is 2.90. The van der Waals surface area contributed by atoms with Gasteiger partial charge in [0.05, 0.1) is 6.10 Å². The van der Waals surface area contributed by atoms with E-state index in [1.54, 1.807) is 0 Å². The van der Waals surface area contributed by atoms with Gasteiger partial charge in [0.15, 0.2) is 0 Å². The van der Waals surface area contributed by atoms with Gasteiger partial charge in [-0.2, -0.15) is 0 Å². The van der Waals surface area contributed by atoms with Gasteiger partial charge in [-0.25, -0.2) is 0 Å². The van der Waals surface area contributed by atoms with Crippen LogP contribution >= 0.6 is 0 Å². The summed E-state index contributed by atoms with van der Waals surface area (Å²) in [6.45, 7) is 7.43. The van der Waals surface area contributed by atoms with Crippen molar-refractivity contribution in [1.82, 2.24) is 4.90 Å². The fourth-order valence-corrected chi connectivity index (χ4v) is 6.15. The Morgan fingerprint density at radius 1 is 0.972 bits per heavy atom. The zero-order chi connectivity index (χ0) is 25.6. The molecule has 4 heteroatoms. The van der Waals surface area contributed by atoms with E-state index in [9.17, 15) is 15.3 Å². The first-order chi connectivity index (χ1) is 17.3. The lowest BCUT2D eigenvalue weighted by Gasteiger charge is -2.42. The van der Waals surface area contributed by atoms with E-state index >= 15 is 0 Å². The summed E-state index contributed by atoms with van der Waals surface area (Å²) < 4.78 is 0. The highest BCUT2D eigenvalue weighted by molar-refractivity contribution is 5.37. The smallest absolute Gasteiger partial charge is 0.117 e. The Labute approximate surface area is 217 Å². The lowest BCUT2D eigenvalue weighted by atomic mass is 9.72. The molecule has 0 amide bonds. The highest BCUT2D eigenvalue weighted by Crippen LogP contribution is 2.42. The second-order valence-corrected chi connectivity index (χ2v) is 11.2. The van der Waals surface area contributed by atoms with Gasteiger partial charge in [0.2, 0.25) is 0 Å². The van der Waals surface area contributed by atoms with Crippen LogP contribution in [0.5, 0.6) is 0 Å². The first kappa shape index (κ1) is 26.8. The van der Waals surface area contributed by atoms with Crippen molar-refractivity contribution in [3.8, 4) is 0 Å². The van der Waals surface area contributed by atoms with E-state index in [0.29, 0.717) is 5.92 Å². The molecule has 2 unspecified atom stereocenters. The number of aliphatic hydroxyl groups is 3. The highest BCUT2D eigenvalue weighted by Gasteiger charge is 2.41. The van der Waals surface area contributed by atoms with Crippen LogP contribution in [0.2, 0.25) is 0 Å². The minimum Gasteiger partial charge on any atom is -0.396 e. The number of likely N-dealkylation sites (tertiary alicyclic amines) is 1. The summed E-state index contributed by atoms with van der Waals surface area (Å²) in [5, 5.41) is 32.2. The van der Waals surface area contributed by atoms with Crippen molar-refractivity contribution < 1.29 is 15.3 Å². The molecule has 2 atom stereocenters. The van der Waals surface area contributed by atoms with Gasteiger partial charge in [-0.3, -0.25) is 0 Å². The molecule has 1 aliphatic carbocycles. The summed E-state index contributed by atoms with van der Waals surface area (Å²) in [6.07, 6.45) is 10.3. The average molecular weight is 490 g/mol. The number of benzene rings is 2. The van der Waals surface area contributed by atoms with Crippen LogP contribution in [0.1, 0.15) is 57.1 Å². The van der Waals surface area contributed by atoms with Crippen molar-refractivity contribution in [2.24, 2.45) is 17.3 Å². The van der Waals surface area contributed by atoms with Crippen LogP contribution < -0.4 is 0 Å². The Kier molecular flexibility index (Phi) is 8.84.